The molecule has 0 aliphatic heterocycles. The molecule has 0 amide bonds. The van der Waals surface area contributed by atoms with Gasteiger partial charge in [0.1, 0.15) is 0 Å². The van der Waals surface area contributed by atoms with Crippen molar-refractivity contribution in [2.24, 2.45) is 0 Å². The molecular weight excluding hydrogens is 276 g/mol. The van der Waals surface area contributed by atoms with Crippen LogP contribution in [-0.4, -0.2) is 11.1 Å². The van der Waals surface area contributed by atoms with Gasteiger partial charge in [-0.2, -0.15) is 0 Å². The molecule has 0 unspecified atom stereocenters. The van der Waals surface area contributed by atoms with Gasteiger partial charge < -0.3 is 9.88 Å². The van der Waals surface area contributed by atoms with Crippen LogP contribution in [0, 0.1) is 6.92 Å². The largest absolute Gasteiger partial charge is 0.346 e. The third-order valence-electron chi connectivity index (χ3n) is 4.04. The van der Waals surface area contributed by atoms with E-state index >= 15 is 0 Å². The number of rotatable bonds is 6. The molecule has 0 aliphatic carbocycles. The number of thiophene rings is 1. The Morgan fingerprint density at radius 3 is 2.86 bits per heavy atom. The summed E-state index contributed by atoms with van der Waals surface area (Å²) in [4.78, 5) is 1.45. The number of fused-ring (bicyclic) bond motifs is 1. The molecule has 0 aliphatic rings. The van der Waals surface area contributed by atoms with Crippen molar-refractivity contribution in [2.45, 2.75) is 33.4 Å². The third-order valence-corrected chi connectivity index (χ3v) is 5.06. The Morgan fingerprint density at radius 2 is 2.10 bits per heavy atom. The van der Waals surface area contributed by atoms with Gasteiger partial charge in [0.05, 0.1) is 5.52 Å². The first-order chi connectivity index (χ1) is 10.3. The fourth-order valence-corrected chi connectivity index (χ4v) is 3.67. The van der Waals surface area contributed by atoms with Crippen molar-refractivity contribution >= 4 is 22.2 Å². The van der Waals surface area contributed by atoms with Crippen LogP contribution in [-0.2, 0) is 19.5 Å². The van der Waals surface area contributed by atoms with E-state index in [1.54, 1.807) is 0 Å². The lowest BCUT2D eigenvalue weighted by Crippen LogP contribution is -2.19. The molecule has 0 fully saturated rings. The van der Waals surface area contributed by atoms with Crippen molar-refractivity contribution in [3.8, 4) is 0 Å². The molecule has 0 atom stereocenters. The maximum atomic E-state index is 3.56. The van der Waals surface area contributed by atoms with E-state index < -0.39 is 0 Å². The SMILES string of the molecule is CCc1cccc2ccn(CCNCc3sccc3C)c12. The smallest absolute Gasteiger partial charge is 0.0513 e. The van der Waals surface area contributed by atoms with Gasteiger partial charge >= 0.3 is 0 Å². The van der Waals surface area contributed by atoms with Gasteiger partial charge in [-0.3, -0.25) is 0 Å². The minimum atomic E-state index is 0.976. The molecule has 1 aromatic carbocycles. The molecule has 0 saturated carbocycles. The second-order valence-electron chi connectivity index (χ2n) is 5.42. The van der Waals surface area contributed by atoms with Crippen molar-refractivity contribution in [1.82, 2.24) is 9.88 Å². The first kappa shape index (κ1) is 14.4. The third kappa shape index (κ3) is 3.04. The van der Waals surface area contributed by atoms with E-state index in [-0.39, 0.29) is 0 Å². The topological polar surface area (TPSA) is 17.0 Å². The van der Waals surface area contributed by atoms with Crippen LogP contribution >= 0.6 is 11.3 Å². The number of aromatic nitrogens is 1. The molecule has 21 heavy (non-hydrogen) atoms. The summed E-state index contributed by atoms with van der Waals surface area (Å²) >= 11 is 1.84. The summed E-state index contributed by atoms with van der Waals surface area (Å²) in [5.74, 6) is 0. The summed E-state index contributed by atoms with van der Waals surface area (Å²) in [6, 6.07) is 11.0. The Morgan fingerprint density at radius 1 is 1.19 bits per heavy atom. The first-order valence-corrected chi connectivity index (χ1v) is 8.48. The molecule has 3 heteroatoms. The number of nitrogens with zero attached hydrogens (tertiary/aromatic N) is 1. The highest BCUT2D eigenvalue weighted by atomic mass is 32.1. The Bertz CT molecular complexity index is 724. The summed E-state index contributed by atoms with van der Waals surface area (Å²) in [5, 5.41) is 7.08. The lowest BCUT2D eigenvalue weighted by molar-refractivity contribution is 0.611. The van der Waals surface area contributed by atoms with Crippen LogP contribution in [0.3, 0.4) is 0 Å². The number of para-hydroxylation sites is 1. The molecule has 2 heterocycles. The molecule has 0 radical (unpaired) electrons. The fourth-order valence-electron chi connectivity index (χ4n) is 2.80. The van der Waals surface area contributed by atoms with Crippen LogP contribution in [0.1, 0.15) is 22.9 Å². The second kappa shape index (κ2) is 6.46. The summed E-state index contributed by atoms with van der Waals surface area (Å²) < 4.78 is 2.38. The van der Waals surface area contributed by atoms with Gasteiger partial charge in [0, 0.05) is 30.7 Å². The van der Waals surface area contributed by atoms with Crippen molar-refractivity contribution in [3.05, 3.63) is 57.9 Å². The quantitative estimate of drug-likeness (QED) is 0.669. The maximum absolute atomic E-state index is 3.56. The predicted molar refractivity (Wildman–Crippen MR) is 92.1 cm³/mol. The van der Waals surface area contributed by atoms with Crippen molar-refractivity contribution in [1.29, 1.82) is 0 Å². The van der Waals surface area contributed by atoms with Crippen LogP contribution in [0.25, 0.3) is 10.9 Å². The molecule has 1 N–H and O–H groups in total. The van der Waals surface area contributed by atoms with Gasteiger partial charge in [-0.05, 0) is 47.4 Å². The number of nitrogens with one attached hydrogen (secondary N) is 1. The highest BCUT2D eigenvalue weighted by Crippen LogP contribution is 2.20. The zero-order valence-corrected chi connectivity index (χ0v) is 13.5. The normalized spacial score (nSPS) is 11.3. The zero-order chi connectivity index (χ0) is 14.7. The molecule has 0 saturated heterocycles. The van der Waals surface area contributed by atoms with Crippen LogP contribution in [0.4, 0.5) is 0 Å². The van der Waals surface area contributed by atoms with E-state index in [0.717, 1.165) is 26.1 Å². The van der Waals surface area contributed by atoms with E-state index in [1.165, 1.54) is 26.9 Å². The van der Waals surface area contributed by atoms with Crippen molar-refractivity contribution in [2.75, 3.05) is 6.54 Å². The molecule has 0 spiro atoms. The van der Waals surface area contributed by atoms with E-state index in [4.69, 9.17) is 0 Å². The molecule has 3 rings (SSSR count). The monoisotopic (exact) mass is 298 g/mol. The highest BCUT2D eigenvalue weighted by Gasteiger charge is 2.05. The van der Waals surface area contributed by atoms with E-state index in [1.807, 2.05) is 11.3 Å². The van der Waals surface area contributed by atoms with Crippen molar-refractivity contribution in [3.63, 3.8) is 0 Å². The van der Waals surface area contributed by atoms with E-state index in [0.29, 0.717) is 0 Å². The van der Waals surface area contributed by atoms with Gasteiger partial charge in [0.25, 0.3) is 0 Å². The minimum absolute atomic E-state index is 0.976. The average Bonchev–Trinajstić information content (AvgIpc) is 3.10. The lowest BCUT2D eigenvalue weighted by Gasteiger charge is -2.10. The zero-order valence-electron chi connectivity index (χ0n) is 12.7. The summed E-state index contributed by atoms with van der Waals surface area (Å²) in [6.45, 7) is 7.40. The number of benzene rings is 1. The van der Waals surface area contributed by atoms with Gasteiger partial charge in [-0.15, -0.1) is 11.3 Å². The number of hydrogen-bond acceptors (Lipinski definition) is 2. The molecule has 0 bridgehead atoms. The van der Waals surface area contributed by atoms with Crippen LogP contribution in [0.2, 0.25) is 0 Å². The average molecular weight is 298 g/mol. The standard InChI is InChI=1S/C18H22N2S/c1-3-15-5-4-6-16-7-10-20(18(15)16)11-9-19-13-17-14(2)8-12-21-17/h4-8,10,12,19H,3,9,11,13H2,1-2H3. The highest BCUT2D eigenvalue weighted by molar-refractivity contribution is 7.10. The maximum Gasteiger partial charge on any atom is 0.0513 e. The van der Waals surface area contributed by atoms with Gasteiger partial charge in [-0.1, -0.05) is 25.1 Å². The first-order valence-electron chi connectivity index (χ1n) is 7.60. The minimum Gasteiger partial charge on any atom is -0.346 e. The fraction of sp³-hybridized carbons (Fsp3) is 0.333. The Kier molecular flexibility index (Phi) is 4.42. The van der Waals surface area contributed by atoms with Gasteiger partial charge in [0.15, 0.2) is 0 Å². The lowest BCUT2D eigenvalue weighted by atomic mass is 10.1. The van der Waals surface area contributed by atoms with Crippen LogP contribution in [0.5, 0.6) is 0 Å². The van der Waals surface area contributed by atoms with Gasteiger partial charge in [-0.25, -0.2) is 0 Å². The Hall–Kier alpha value is -1.58. The predicted octanol–water partition coefficient (Wildman–Crippen LogP) is 4.36. The van der Waals surface area contributed by atoms with Gasteiger partial charge in [0.2, 0.25) is 0 Å². The summed E-state index contributed by atoms with van der Waals surface area (Å²) in [5.41, 5.74) is 4.23. The molecule has 3 aromatic rings. The number of hydrogen-bond donors (Lipinski definition) is 1. The van der Waals surface area contributed by atoms with E-state index in [2.05, 4.69) is 65.6 Å². The summed E-state index contributed by atoms with van der Waals surface area (Å²) in [7, 11) is 0. The molecule has 2 nitrogen and oxygen atoms in total. The Balaban J connectivity index is 1.64. The van der Waals surface area contributed by atoms with E-state index in [9.17, 15) is 0 Å². The Labute approximate surface area is 130 Å². The van der Waals surface area contributed by atoms with Crippen molar-refractivity contribution < 1.29 is 0 Å². The molecule has 110 valence electrons. The second-order valence-corrected chi connectivity index (χ2v) is 6.42. The van der Waals surface area contributed by atoms with Crippen LogP contribution < -0.4 is 5.32 Å². The molecule has 2 aromatic heterocycles. The molecular formula is C18H22N2S. The summed E-state index contributed by atoms with van der Waals surface area (Å²) in [6.07, 6.45) is 3.30. The van der Waals surface area contributed by atoms with Crippen LogP contribution in [0.15, 0.2) is 41.9 Å². The number of aryl methyl sites for hydroxylation is 2.